The molecule has 8 heteroatoms. The van der Waals surface area contributed by atoms with Gasteiger partial charge in [-0.25, -0.2) is 4.39 Å². The Morgan fingerprint density at radius 2 is 1.60 bits per heavy atom. The van der Waals surface area contributed by atoms with Crippen molar-refractivity contribution in [3.8, 4) is 11.1 Å². The van der Waals surface area contributed by atoms with Gasteiger partial charge in [0.25, 0.3) is 0 Å². The molecule has 0 saturated heterocycles. The molecule has 0 spiro atoms. The summed E-state index contributed by atoms with van der Waals surface area (Å²) in [6.07, 6.45) is -4.61. The molecule has 2 N–H and O–H groups in total. The molecule has 0 aliphatic carbocycles. The summed E-state index contributed by atoms with van der Waals surface area (Å²) < 4.78 is 56.3. The van der Waals surface area contributed by atoms with E-state index in [0.717, 1.165) is 23.3 Å². The number of nitrogens with two attached hydrogens (primary N) is 1. The number of amides is 1. The molecule has 0 unspecified atom stereocenters. The van der Waals surface area contributed by atoms with Gasteiger partial charge in [0.1, 0.15) is 5.82 Å². The zero-order valence-electron chi connectivity index (χ0n) is 18.0. The Labute approximate surface area is 202 Å². The van der Waals surface area contributed by atoms with E-state index in [1.54, 1.807) is 34.9 Å². The Hall–Kier alpha value is -3.84. The highest BCUT2D eigenvalue weighted by Gasteiger charge is 2.31. The fourth-order valence-corrected chi connectivity index (χ4v) is 4.51. The van der Waals surface area contributed by atoms with Crippen LogP contribution in [-0.4, -0.2) is 10.5 Å². The lowest BCUT2D eigenvalue weighted by Gasteiger charge is -2.13. The second kappa shape index (κ2) is 8.43. The van der Waals surface area contributed by atoms with Crippen LogP contribution in [0.25, 0.3) is 32.9 Å². The number of carbonyl (C=O) groups excluding carboxylic acids is 1. The first-order chi connectivity index (χ1) is 16.6. The van der Waals surface area contributed by atoms with E-state index in [1.807, 2.05) is 30.3 Å². The lowest BCUT2D eigenvalue weighted by molar-refractivity contribution is -0.137. The molecule has 0 fully saturated rings. The minimum Gasteiger partial charge on any atom is -0.366 e. The summed E-state index contributed by atoms with van der Waals surface area (Å²) in [5.74, 6) is -1.39. The number of benzene rings is 4. The van der Waals surface area contributed by atoms with Crippen molar-refractivity contribution in [2.24, 2.45) is 5.73 Å². The third-order valence-electron chi connectivity index (χ3n) is 6.04. The van der Waals surface area contributed by atoms with Crippen LogP contribution in [0.2, 0.25) is 5.02 Å². The van der Waals surface area contributed by atoms with Crippen LogP contribution >= 0.6 is 11.6 Å². The smallest absolute Gasteiger partial charge is 0.366 e. The molecule has 0 saturated carbocycles. The van der Waals surface area contributed by atoms with Gasteiger partial charge in [0.15, 0.2) is 0 Å². The van der Waals surface area contributed by atoms with Crippen LogP contribution in [0, 0.1) is 5.82 Å². The van der Waals surface area contributed by atoms with Gasteiger partial charge in [-0.3, -0.25) is 4.79 Å². The fraction of sp³-hybridized carbons (Fsp3) is 0.0741. The third-order valence-corrected chi connectivity index (χ3v) is 6.29. The lowest BCUT2D eigenvalue weighted by atomic mass is 10.0. The average molecular weight is 497 g/mol. The van der Waals surface area contributed by atoms with E-state index in [0.29, 0.717) is 32.9 Å². The van der Waals surface area contributed by atoms with E-state index < -0.39 is 23.5 Å². The highest BCUT2D eigenvalue weighted by atomic mass is 35.5. The molecule has 0 bridgehead atoms. The number of halogens is 5. The fourth-order valence-electron chi connectivity index (χ4n) is 4.38. The normalized spacial score (nSPS) is 11.9. The Bertz CT molecular complexity index is 1600. The zero-order chi connectivity index (χ0) is 24.9. The summed E-state index contributed by atoms with van der Waals surface area (Å²) in [6, 6.07) is 20.1. The van der Waals surface area contributed by atoms with Crippen molar-refractivity contribution in [3.05, 3.63) is 106 Å². The summed E-state index contributed by atoms with van der Waals surface area (Å²) in [5, 5.41) is 1.82. The first kappa shape index (κ1) is 22.9. The molecule has 1 heterocycles. The third kappa shape index (κ3) is 4.12. The van der Waals surface area contributed by atoms with Crippen LogP contribution in [0.4, 0.5) is 17.6 Å². The van der Waals surface area contributed by atoms with Gasteiger partial charge in [-0.15, -0.1) is 0 Å². The van der Waals surface area contributed by atoms with E-state index in [9.17, 15) is 22.4 Å². The van der Waals surface area contributed by atoms with Crippen LogP contribution in [0.15, 0.2) is 78.9 Å². The number of rotatable bonds is 4. The van der Waals surface area contributed by atoms with Gasteiger partial charge in [0.05, 0.1) is 23.1 Å². The predicted octanol–water partition coefficient (Wildman–Crippen LogP) is 7.42. The summed E-state index contributed by atoms with van der Waals surface area (Å²) in [5.41, 5.74) is 7.70. The molecule has 3 nitrogen and oxygen atoms in total. The minimum atomic E-state index is -4.61. The number of nitrogens with zero attached hydrogens (tertiary/aromatic N) is 1. The topological polar surface area (TPSA) is 48.0 Å². The van der Waals surface area contributed by atoms with Crippen molar-refractivity contribution < 1.29 is 22.4 Å². The minimum absolute atomic E-state index is 0.125. The number of aromatic nitrogens is 1. The molecule has 176 valence electrons. The number of fused-ring (bicyclic) bond motifs is 3. The molecule has 4 aromatic carbocycles. The van der Waals surface area contributed by atoms with E-state index in [2.05, 4.69) is 0 Å². The summed E-state index contributed by atoms with van der Waals surface area (Å²) >= 11 is 6.01. The van der Waals surface area contributed by atoms with Gasteiger partial charge in [-0.1, -0.05) is 41.9 Å². The molecule has 35 heavy (non-hydrogen) atoms. The summed E-state index contributed by atoms with van der Waals surface area (Å²) in [4.78, 5) is 12.2. The Kier molecular flexibility index (Phi) is 5.52. The zero-order valence-corrected chi connectivity index (χ0v) is 18.8. The van der Waals surface area contributed by atoms with E-state index in [1.165, 1.54) is 0 Å². The van der Waals surface area contributed by atoms with E-state index in [-0.39, 0.29) is 17.7 Å². The average Bonchev–Trinajstić information content (AvgIpc) is 3.13. The predicted molar refractivity (Wildman–Crippen MR) is 129 cm³/mol. The van der Waals surface area contributed by atoms with Gasteiger partial charge in [-0.05, 0) is 59.7 Å². The van der Waals surface area contributed by atoms with Gasteiger partial charge >= 0.3 is 6.18 Å². The number of hydrogen-bond donors (Lipinski definition) is 1. The monoisotopic (exact) mass is 496 g/mol. The highest BCUT2D eigenvalue weighted by Crippen LogP contribution is 2.36. The van der Waals surface area contributed by atoms with Gasteiger partial charge in [0.2, 0.25) is 5.91 Å². The van der Waals surface area contributed by atoms with Crippen molar-refractivity contribution in [1.82, 2.24) is 4.57 Å². The SMILES string of the molecule is NC(=O)c1cccc2c1c1ccc(-c3ccc(Cl)cc3)cc1n2Cc1cc(C(F)(F)F)ccc1F. The number of carbonyl (C=O) groups is 1. The maximum absolute atomic E-state index is 14.7. The number of alkyl halides is 3. The van der Waals surface area contributed by atoms with Crippen LogP contribution in [0.1, 0.15) is 21.5 Å². The first-order valence-electron chi connectivity index (χ1n) is 10.6. The largest absolute Gasteiger partial charge is 0.416 e. The molecule has 0 atom stereocenters. The van der Waals surface area contributed by atoms with Gasteiger partial charge in [-0.2, -0.15) is 13.2 Å². The first-order valence-corrected chi connectivity index (χ1v) is 11.0. The molecule has 5 rings (SSSR count). The maximum atomic E-state index is 14.7. The molecular formula is C27H17ClF4N2O. The second-order valence-electron chi connectivity index (χ2n) is 8.19. The Morgan fingerprint density at radius 1 is 0.886 bits per heavy atom. The van der Waals surface area contributed by atoms with Gasteiger partial charge in [0, 0.05) is 26.9 Å². The Morgan fingerprint density at radius 3 is 2.29 bits per heavy atom. The molecule has 1 amide bonds. The summed E-state index contributed by atoms with van der Waals surface area (Å²) in [7, 11) is 0. The van der Waals surface area contributed by atoms with E-state index in [4.69, 9.17) is 17.3 Å². The van der Waals surface area contributed by atoms with Crippen molar-refractivity contribution in [2.75, 3.05) is 0 Å². The summed E-state index contributed by atoms with van der Waals surface area (Å²) in [6.45, 7) is -0.179. The maximum Gasteiger partial charge on any atom is 0.416 e. The standard InChI is InChI=1S/C27H17ClF4N2O/c28-19-8-4-15(5-9-19)16-6-10-20-24(13-16)34(23-3-1-2-21(25(20)23)26(33)35)14-17-12-18(27(30,31)32)7-11-22(17)29/h1-13H,14H2,(H2,33,35). The lowest BCUT2D eigenvalue weighted by Crippen LogP contribution is -2.11. The van der Waals surface area contributed by atoms with Crippen molar-refractivity contribution in [2.45, 2.75) is 12.7 Å². The highest BCUT2D eigenvalue weighted by molar-refractivity contribution is 6.30. The molecule has 1 aromatic heterocycles. The number of primary amides is 1. The van der Waals surface area contributed by atoms with Crippen molar-refractivity contribution in [3.63, 3.8) is 0 Å². The van der Waals surface area contributed by atoms with Crippen molar-refractivity contribution >= 4 is 39.3 Å². The Balaban J connectivity index is 1.78. The molecular weight excluding hydrogens is 480 g/mol. The quantitative estimate of drug-likeness (QED) is 0.259. The molecule has 5 aromatic rings. The second-order valence-corrected chi connectivity index (χ2v) is 8.63. The van der Waals surface area contributed by atoms with Crippen LogP contribution in [-0.2, 0) is 12.7 Å². The van der Waals surface area contributed by atoms with Crippen LogP contribution in [0.5, 0.6) is 0 Å². The van der Waals surface area contributed by atoms with Crippen LogP contribution < -0.4 is 5.73 Å². The van der Waals surface area contributed by atoms with Gasteiger partial charge < -0.3 is 10.3 Å². The van der Waals surface area contributed by atoms with E-state index >= 15 is 0 Å². The molecule has 0 radical (unpaired) electrons. The van der Waals surface area contributed by atoms with Crippen LogP contribution in [0.3, 0.4) is 0 Å². The number of hydrogen-bond acceptors (Lipinski definition) is 1. The van der Waals surface area contributed by atoms with Crippen molar-refractivity contribution in [1.29, 1.82) is 0 Å². The molecule has 0 aliphatic heterocycles. The molecule has 0 aliphatic rings.